The summed E-state index contributed by atoms with van der Waals surface area (Å²) in [5.41, 5.74) is 5.93. The minimum Gasteiger partial charge on any atom is -0.506 e. The molecule has 0 bridgehead atoms. The summed E-state index contributed by atoms with van der Waals surface area (Å²) >= 11 is 0. The van der Waals surface area contributed by atoms with Crippen LogP contribution in [0.3, 0.4) is 0 Å². The van der Waals surface area contributed by atoms with Gasteiger partial charge in [0.1, 0.15) is 11.4 Å². The van der Waals surface area contributed by atoms with Gasteiger partial charge in [0.25, 0.3) is 0 Å². The summed E-state index contributed by atoms with van der Waals surface area (Å²) in [5.74, 6) is -0.0382. The van der Waals surface area contributed by atoms with Crippen molar-refractivity contribution in [2.45, 2.75) is 0 Å². The minimum absolute atomic E-state index is 0.0382. The Hall–Kier alpha value is -2.37. The number of phenols is 1. The van der Waals surface area contributed by atoms with E-state index in [9.17, 15) is 9.90 Å². The third-order valence-corrected chi connectivity index (χ3v) is 2.24. The van der Waals surface area contributed by atoms with E-state index in [0.717, 1.165) is 10.9 Å². The Morgan fingerprint density at radius 1 is 1.50 bits per heavy atom. The highest BCUT2D eigenvalue weighted by Crippen LogP contribution is 2.32. The van der Waals surface area contributed by atoms with E-state index < -0.39 is 6.03 Å². The number of azo groups is 1. The molecule has 0 atom stereocenters. The zero-order chi connectivity index (χ0) is 11.7. The van der Waals surface area contributed by atoms with Crippen LogP contribution in [0.5, 0.6) is 5.75 Å². The second kappa shape index (κ2) is 3.65. The SMILES string of the molecule is Cn1ccc2cc(O)c(N=NC(N)=O)cc21. The van der Waals surface area contributed by atoms with Crippen LogP contribution in [0.15, 0.2) is 34.6 Å². The Labute approximate surface area is 91.0 Å². The van der Waals surface area contributed by atoms with Crippen molar-refractivity contribution in [3.8, 4) is 5.75 Å². The van der Waals surface area contributed by atoms with E-state index in [-0.39, 0.29) is 11.4 Å². The highest BCUT2D eigenvalue weighted by molar-refractivity contribution is 5.86. The van der Waals surface area contributed by atoms with E-state index in [1.165, 1.54) is 0 Å². The average molecular weight is 218 g/mol. The van der Waals surface area contributed by atoms with Crippen molar-refractivity contribution in [1.82, 2.24) is 4.57 Å². The standard InChI is InChI=1S/C10H10N4O2/c1-14-3-2-6-4-9(15)7(5-8(6)14)12-13-10(11)16/h2-5,15H,1H3,(H2,11,16). The monoisotopic (exact) mass is 218 g/mol. The highest BCUT2D eigenvalue weighted by Gasteiger charge is 2.05. The van der Waals surface area contributed by atoms with Crippen LogP contribution in [0.1, 0.15) is 0 Å². The second-order valence-corrected chi connectivity index (χ2v) is 3.36. The number of aromatic nitrogens is 1. The first-order valence-electron chi connectivity index (χ1n) is 4.57. The zero-order valence-electron chi connectivity index (χ0n) is 8.58. The first kappa shape index (κ1) is 10.2. The van der Waals surface area contributed by atoms with Crippen LogP contribution in [-0.2, 0) is 7.05 Å². The lowest BCUT2D eigenvalue weighted by molar-refractivity contribution is 0.255. The predicted octanol–water partition coefficient (Wildman–Crippen LogP) is 2.05. The number of primary amides is 1. The maximum Gasteiger partial charge on any atom is 0.356 e. The quantitative estimate of drug-likeness (QED) is 0.716. The number of carbonyl (C=O) groups excluding carboxylic acids is 1. The van der Waals surface area contributed by atoms with Crippen molar-refractivity contribution in [2.75, 3.05) is 0 Å². The van der Waals surface area contributed by atoms with E-state index in [0.29, 0.717) is 0 Å². The second-order valence-electron chi connectivity index (χ2n) is 3.36. The van der Waals surface area contributed by atoms with Crippen molar-refractivity contribution in [2.24, 2.45) is 23.0 Å². The summed E-state index contributed by atoms with van der Waals surface area (Å²) in [6.45, 7) is 0. The summed E-state index contributed by atoms with van der Waals surface area (Å²) in [5, 5.41) is 17.2. The number of hydrogen-bond acceptors (Lipinski definition) is 3. The van der Waals surface area contributed by atoms with Gasteiger partial charge in [-0.2, -0.15) is 0 Å². The van der Waals surface area contributed by atoms with E-state index >= 15 is 0 Å². The topological polar surface area (TPSA) is 93.0 Å². The van der Waals surface area contributed by atoms with E-state index in [1.807, 2.05) is 23.9 Å². The number of rotatable bonds is 1. The number of phenolic OH excluding ortho intramolecular Hbond substituents is 1. The molecule has 6 heteroatoms. The van der Waals surface area contributed by atoms with Gasteiger partial charge in [0.15, 0.2) is 0 Å². The first-order valence-corrected chi connectivity index (χ1v) is 4.57. The van der Waals surface area contributed by atoms with Gasteiger partial charge < -0.3 is 15.4 Å². The number of urea groups is 1. The molecule has 0 unspecified atom stereocenters. The Balaban J connectivity index is 2.56. The minimum atomic E-state index is -0.897. The van der Waals surface area contributed by atoms with Gasteiger partial charge in [-0.1, -0.05) is 5.11 Å². The molecule has 2 aromatic rings. The average Bonchev–Trinajstić information content (AvgIpc) is 2.56. The molecule has 6 nitrogen and oxygen atoms in total. The van der Waals surface area contributed by atoms with Gasteiger partial charge in [0.05, 0.1) is 5.52 Å². The molecule has 2 rings (SSSR count). The number of fused-ring (bicyclic) bond motifs is 1. The summed E-state index contributed by atoms with van der Waals surface area (Å²) in [7, 11) is 1.87. The Morgan fingerprint density at radius 3 is 2.94 bits per heavy atom. The lowest BCUT2D eigenvalue weighted by atomic mass is 10.2. The molecule has 0 saturated carbocycles. The maximum absolute atomic E-state index is 10.4. The fourth-order valence-electron chi connectivity index (χ4n) is 1.48. The van der Waals surface area contributed by atoms with Gasteiger partial charge in [-0.25, -0.2) is 4.79 Å². The zero-order valence-corrected chi connectivity index (χ0v) is 8.58. The Bertz CT molecular complexity index is 586. The molecule has 1 heterocycles. The number of aryl methyl sites for hydroxylation is 1. The fraction of sp³-hybridized carbons (Fsp3) is 0.100. The van der Waals surface area contributed by atoms with Crippen molar-refractivity contribution in [1.29, 1.82) is 0 Å². The molecule has 1 aromatic heterocycles. The lowest BCUT2D eigenvalue weighted by Crippen LogP contribution is -2.01. The molecule has 16 heavy (non-hydrogen) atoms. The number of carbonyl (C=O) groups is 1. The predicted molar refractivity (Wildman–Crippen MR) is 58.7 cm³/mol. The smallest absolute Gasteiger partial charge is 0.356 e. The van der Waals surface area contributed by atoms with Crippen molar-refractivity contribution < 1.29 is 9.90 Å². The van der Waals surface area contributed by atoms with Crippen molar-refractivity contribution in [3.05, 3.63) is 24.4 Å². The van der Waals surface area contributed by atoms with Crippen LogP contribution in [-0.4, -0.2) is 15.7 Å². The van der Waals surface area contributed by atoms with E-state index in [1.54, 1.807) is 12.1 Å². The van der Waals surface area contributed by atoms with E-state index in [2.05, 4.69) is 10.2 Å². The third-order valence-electron chi connectivity index (χ3n) is 2.24. The molecule has 0 radical (unpaired) electrons. The van der Waals surface area contributed by atoms with Gasteiger partial charge in [0.2, 0.25) is 0 Å². The number of amides is 2. The summed E-state index contributed by atoms with van der Waals surface area (Å²) < 4.78 is 1.87. The molecule has 0 aliphatic heterocycles. The molecular weight excluding hydrogens is 208 g/mol. The first-order chi connectivity index (χ1) is 7.58. The fourth-order valence-corrected chi connectivity index (χ4v) is 1.48. The molecule has 0 saturated heterocycles. The molecular formula is C10H10N4O2. The van der Waals surface area contributed by atoms with Gasteiger partial charge in [0, 0.05) is 18.6 Å². The van der Waals surface area contributed by atoms with Gasteiger partial charge in [-0.3, -0.25) is 0 Å². The largest absolute Gasteiger partial charge is 0.506 e. The lowest BCUT2D eigenvalue weighted by Gasteiger charge is -2.00. The highest BCUT2D eigenvalue weighted by atomic mass is 16.3. The maximum atomic E-state index is 10.4. The van der Waals surface area contributed by atoms with Crippen LogP contribution in [0.2, 0.25) is 0 Å². The molecule has 0 fully saturated rings. The molecule has 82 valence electrons. The number of hydrogen-bond donors (Lipinski definition) is 2. The third kappa shape index (κ3) is 1.72. The van der Waals surface area contributed by atoms with E-state index in [4.69, 9.17) is 5.73 Å². The molecule has 0 aliphatic carbocycles. The number of aromatic hydroxyl groups is 1. The van der Waals surface area contributed by atoms with Crippen molar-refractivity contribution in [3.63, 3.8) is 0 Å². The van der Waals surface area contributed by atoms with Crippen LogP contribution >= 0.6 is 0 Å². The molecule has 2 amide bonds. The van der Waals surface area contributed by atoms with Gasteiger partial charge >= 0.3 is 6.03 Å². The summed E-state index contributed by atoms with van der Waals surface area (Å²) in [6, 6.07) is 4.16. The van der Waals surface area contributed by atoms with Crippen LogP contribution in [0, 0.1) is 0 Å². The summed E-state index contributed by atoms with van der Waals surface area (Å²) in [6.07, 6.45) is 1.86. The molecule has 0 spiro atoms. The number of nitrogens with zero attached hydrogens (tertiary/aromatic N) is 3. The molecule has 1 aromatic carbocycles. The van der Waals surface area contributed by atoms with Crippen LogP contribution in [0.4, 0.5) is 10.5 Å². The van der Waals surface area contributed by atoms with Crippen molar-refractivity contribution >= 4 is 22.6 Å². The molecule has 3 N–H and O–H groups in total. The van der Waals surface area contributed by atoms with Crippen LogP contribution in [0.25, 0.3) is 10.9 Å². The number of benzene rings is 1. The van der Waals surface area contributed by atoms with Gasteiger partial charge in [-0.05, 0) is 18.2 Å². The summed E-state index contributed by atoms with van der Waals surface area (Å²) in [4.78, 5) is 10.4. The Morgan fingerprint density at radius 2 is 2.25 bits per heavy atom. The van der Waals surface area contributed by atoms with Gasteiger partial charge in [-0.15, -0.1) is 5.11 Å². The number of nitrogens with two attached hydrogens (primary N) is 1. The Kier molecular flexibility index (Phi) is 2.32. The van der Waals surface area contributed by atoms with Crippen LogP contribution < -0.4 is 5.73 Å². The normalized spacial score (nSPS) is 11.3. The molecule has 0 aliphatic rings.